The predicted octanol–water partition coefficient (Wildman–Crippen LogP) is 2.18. The highest BCUT2D eigenvalue weighted by Gasteiger charge is 2.43. The van der Waals surface area contributed by atoms with Crippen molar-refractivity contribution >= 4 is 27.3 Å². The van der Waals surface area contributed by atoms with Crippen molar-refractivity contribution in [1.82, 2.24) is 9.21 Å². The maximum atomic E-state index is 13.0. The molecule has 1 aromatic rings. The summed E-state index contributed by atoms with van der Waals surface area (Å²) in [6.45, 7) is 0.674. The average Bonchev–Trinajstić information content (AvgIpc) is 3.12. The number of carbonyl (C=O) groups excluding carboxylic acids is 1. The summed E-state index contributed by atoms with van der Waals surface area (Å²) < 4.78 is 70.9. The van der Waals surface area contributed by atoms with Gasteiger partial charge in [-0.3, -0.25) is 4.79 Å². The lowest BCUT2D eigenvalue weighted by atomic mass is 9.97. The van der Waals surface area contributed by atoms with Gasteiger partial charge in [-0.25, -0.2) is 8.42 Å². The van der Waals surface area contributed by atoms with E-state index in [0.717, 1.165) is 16.2 Å². The smallest absolute Gasteiger partial charge is 0.379 e. The molecule has 2 fully saturated rings. The number of carbonyl (C=O) groups is 1. The zero-order valence-corrected chi connectivity index (χ0v) is 15.5. The second kappa shape index (κ2) is 7.45. The van der Waals surface area contributed by atoms with Crippen LogP contribution in [-0.2, 0) is 14.8 Å². The standard InChI is InChI=1S/C15H19F3N2O4S2/c16-15(17,18)11-2-1-4-19(10-11)14(21)13-12(3-9-25-13)26(22,23)20-5-7-24-8-6-20/h3,9,11H,1-2,4-8,10H2. The lowest BCUT2D eigenvalue weighted by Gasteiger charge is -2.33. The van der Waals surface area contributed by atoms with Crippen LogP contribution < -0.4 is 0 Å². The van der Waals surface area contributed by atoms with Crippen LogP contribution >= 0.6 is 11.3 Å². The predicted molar refractivity (Wildman–Crippen MR) is 88.6 cm³/mol. The van der Waals surface area contributed by atoms with Crippen LogP contribution in [0.1, 0.15) is 22.5 Å². The molecule has 1 amide bonds. The fourth-order valence-corrected chi connectivity index (χ4v) is 5.93. The fourth-order valence-electron chi connectivity index (χ4n) is 3.15. The van der Waals surface area contributed by atoms with Gasteiger partial charge in [0.15, 0.2) is 0 Å². The van der Waals surface area contributed by atoms with E-state index < -0.39 is 34.6 Å². The summed E-state index contributed by atoms with van der Waals surface area (Å²) >= 11 is 0.941. The van der Waals surface area contributed by atoms with E-state index in [1.807, 2.05) is 0 Å². The van der Waals surface area contributed by atoms with E-state index in [4.69, 9.17) is 4.74 Å². The number of halogens is 3. The molecule has 0 saturated carbocycles. The Morgan fingerprint density at radius 3 is 2.58 bits per heavy atom. The Hall–Kier alpha value is -1.17. The highest BCUT2D eigenvalue weighted by atomic mass is 32.2. The Bertz CT molecular complexity index is 757. The first-order chi connectivity index (χ1) is 12.2. The van der Waals surface area contributed by atoms with Crippen molar-refractivity contribution in [3.63, 3.8) is 0 Å². The van der Waals surface area contributed by atoms with Gasteiger partial charge in [-0.2, -0.15) is 17.5 Å². The second-order valence-electron chi connectivity index (χ2n) is 6.26. The number of piperidine rings is 1. The number of ether oxygens (including phenoxy) is 1. The van der Waals surface area contributed by atoms with Crippen LogP contribution in [0.15, 0.2) is 16.3 Å². The molecule has 6 nitrogen and oxygen atoms in total. The third-order valence-electron chi connectivity index (χ3n) is 4.58. The number of amides is 1. The number of likely N-dealkylation sites (tertiary alicyclic amines) is 1. The fraction of sp³-hybridized carbons (Fsp3) is 0.667. The number of morpholine rings is 1. The van der Waals surface area contributed by atoms with E-state index in [1.165, 1.54) is 15.8 Å². The lowest BCUT2D eigenvalue weighted by Crippen LogP contribution is -2.45. The highest BCUT2D eigenvalue weighted by Crippen LogP contribution is 2.35. The Morgan fingerprint density at radius 2 is 1.92 bits per heavy atom. The number of hydrogen-bond donors (Lipinski definition) is 0. The molecule has 1 atom stereocenters. The van der Waals surface area contributed by atoms with E-state index in [2.05, 4.69) is 0 Å². The first kappa shape index (κ1) is 19.6. The molecule has 2 aliphatic heterocycles. The van der Waals surface area contributed by atoms with Crippen molar-refractivity contribution in [2.24, 2.45) is 5.92 Å². The van der Waals surface area contributed by atoms with Crippen LogP contribution in [0.25, 0.3) is 0 Å². The summed E-state index contributed by atoms with van der Waals surface area (Å²) in [5.74, 6) is -2.22. The Balaban J connectivity index is 1.82. The zero-order chi connectivity index (χ0) is 18.9. The number of alkyl halides is 3. The minimum atomic E-state index is -4.36. The molecule has 1 unspecified atom stereocenters. The second-order valence-corrected chi connectivity index (χ2v) is 9.08. The molecule has 0 spiro atoms. The molecule has 2 aliphatic rings. The SMILES string of the molecule is O=C(c1sccc1S(=O)(=O)N1CCOCC1)N1CCCC(C(F)(F)F)C1. The third kappa shape index (κ3) is 3.90. The number of sulfonamides is 1. The van der Waals surface area contributed by atoms with E-state index in [1.54, 1.807) is 0 Å². The van der Waals surface area contributed by atoms with Crippen LogP contribution in [0.4, 0.5) is 13.2 Å². The van der Waals surface area contributed by atoms with E-state index in [-0.39, 0.29) is 55.5 Å². The highest BCUT2D eigenvalue weighted by molar-refractivity contribution is 7.89. The van der Waals surface area contributed by atoms with Gasteiger partial charge in [-0.1, -0.05) is 0 Å². The molecule has 0 bridgehead atoms. The monoisotopic (exact) mass is 412 g/mol. The van der Waals surface area contributed by atoms with Crippen LogP contribution in [-0.4, -0.2) is 69.1 Å². The molecule has 0 radical (unpaired) electrons. The summed E-state index contributed by atoms with van der Waals surface area (Å²) in [6.07, 6.45) is -4.14. The van der Waals surface area contributed by atoms with Gasteiger partial charge in [0.05, 0.1) is 19.1 Å². The number of nitrogens with zero attached hydrogens (tertiary/aromatic N) is 2. The summed E-state index contributed by atoms with van der Waals surface area (Å²) in [7, 11) is -3.88. The van der Waals surface area contributed by atoms with E-state index >= 15 is 0 Å². The normalized spacial score (nSPS) is 23.2. The van der Waals surface area contributed by atoms with Crippen molar-refractivity contribution in [2.75, 3.05) is 39.4 Å². The molecule has 0 aromatic carbocycles. The van der Waals surface area contributed by atoms with Gasteiger partial charge in [0.1, 0.15) is 9.77 Å². The molecular weight excluding hydrogens is 393 g/mol. The van der Waals surface area contributed by atoms with Crippen molar-refractivity contribution in [2.45, 2.75) is 23.9 Å². The molecule has 26 heavy (non-hydrogen) atoms. The lowest BCUT2D eigenvalue weighted by molar-refractivity contribution is -0.184. The molecule has 2 saturated heterocycles. The molecule has 146 valence electrons. The maximum Gasteiger partial charge on any atom is 0.393 e. The van der Waals surface area contributed by atoms with Crippen LogP contribution in [0.3, 0.4) is 0 Å². The molecule has 1 aromatic heterocycles. The first-order valence-electron chi connectivity index (χ1n) is 8.22. The Kier molecular flexibility index (Phi) is 5.61. The van der Waals surface area contributed by atoms with Crippen molar-refractivity contribution < 1.29 is 31.1 Å². The minimum absolute atomic E-state index is 0.0172. The molecule has 11 heteroatoms. The largest absolute Gasteiger partial charge is 0.393 e. The van der Waals surface area contributed by atoms with Gasteiger partial charge in [-0.15, -0.1) is 11.3 Å². The molecule has 3 heterocycles. The molecule has 0 N–H and O–H groups in total. The van der Waals surface area contributed by atoms with Crippen LogP contribution in [0.5, 0.6) is 0 Å². The number of rotatable bonds is 3. The van der Waals surface area contributed by atoms with Crippen molar-refractivity contribution in [3.8, 4) is 0 Å². The number of thiophene rings is 1. The van der Waals surface area contributed by atoms with Gasteiger partial charge in [0.2, 0.25) is 10.0 Å². The third-order valence-corrected chi connectivity index (χ3v) is 7.56. The number of hydrogen-bond acceptors (Lipinski definition) is 5. The quantitative estimate of drug-likeness (QED) is 0.763. The van der Waals surface area contributed by atoms with E-state index in [0.29, 0.717) is 0 Å². The first-order valence-corrected chi connectivity index (χ1v) is 10.5. The van der Waals surface area contributed by atoms with Gasteiger partial charge in [0, 0.05) is 26.2 Å². The summed E-state index contributed by atoms with van der Waals surface area (Å²) in [5, 5.41) is 1.48. The van der Waals surface area contributed by atoms with Gasteiger partial charge in [-0.05, 0) is 24.3 Å². The molecule has 0 aliphatic carbocycles. The van der Waals surface area contributed by atoms with Crippen molar-refractivity contribution in [3.05, 3.63) is 16.3 Å². The van der Waals surface area contributed by atoms with Crippen molar-refractivity contribution in [1.29, 1.82) is 0 Å². The van der Waals surface area contributed by atoms with Crippen LogP contribution in [0, 0.1) is 5.92 Å². The maximum absolute atomic E-state index is 13.0. The zero-order valence-electron chi connectivity index (χ0n) is 13.9. The van der Waals surface area contributed by atoms with Gasteiger partial charge >= 0.3 is 6.18 Å². The summed E-state index contributed by atoms with van der Waals surface area (Å²) in [6, 6.07) is 1.34. The molecule has 3 rings (SSSR count). The Labute approximate surface area is 153 Å². The van der Waals surface area contributed by atoms with Gasteiger partial charge in [0.25, 0.3) is 5.91 Å². The Morgan fingerprint density at radius 1 is 1.23 bits per heavy atom. The summed E-state index contributed by atoms with van der Waals surface area (Å²) in [4.78, 5) is 13.7. The minimum Gasteiger partial charge on any atom is -0.379 e. The summed E-state index contributed by atoms with van der Waals surface area (Å²) in [5.41, 5.74) is 0. The van der Waals surface area contributed by atoms with E-state index in [9.17, 15) is 26.4 Å². The topological polar surface area (TPSA) is 66.9 Å². The average molecular weight is 412 g/mol. The molecular formula is C15H19F3N2O4S2. The van der Waals surface area contributed by atoms with Crippen LogP contribution in [0.2, 0.25) is 0 Å². The van der Waals surface area contributed by atoms with Gasteiger partial charge < -0.3 is 9.64 Å².